The van der Waals surface area contributed by atoms with Crippen LogP contribution in [0.25, 0.3) is 0 Å². The molecular weight excluding hydrogens is 354 g/mol. The van der Waals surface area contributed by atoms with Gasteiger partial charge >= 0.3 is 0 Å². The van der Waals surface area contributed by atoms with Crippen molar-refractivity contribution in [2.24, 2.45) is 5.92 Å². The molecule has 1 saturated carbocycles. The van der Waals surface area contributed by atoms with Gasteiger partial charge in [-0.1, -0.05) is 0 Å². The second-order valence-corrected chi connectivity index (χ2v) is 8.12. The summed E-state index contributed by atoms with van der Waals surface area (Å²) in [5.41, 5.74) is 1.06. The minimum atomic E-state index is -3.78. The minimum Gasteiger partial charge on any atom is -0.325 e. The normalized spacial score (nSPS) is 15.3. The van der Waals surface area contributed by atoms with Gasteiger partial charge in [0.1, 0.15) is 0 Å². The summed E-state index contributed by atoms with van der Waals surface area (Å²) in [6.45, 7) is 1.64. The number of amides is 1. The van der Waals surface area contributed by atoms with Gasteiger partial charge in [-0.3, -0.25) is 4.79 Å². The summed E-state index contributed by atoms with van der Waals surface area (Å²) >= 11 is 3.25. The molecule has 0 saturated heterocycles. The van der Waals surface area contributed by atoms with E-state index in [0.29, 0.717) is 28.1 Å². The van der Waals surface area contributed by atoms with E-state index in [-0.39, 0.29) is 10.8 Å². The van der Waals surface area contributed by atoms with Crippen LogP contribution < -0.4 is 5.32 Å². The van der Waals surface area contributed by atoms with Gasteiger partial charge in [0, 0.05) is 21.6 Å². The van der Waals surface area contributed by atoms with Crippen LogP contribution in [0.1, 0.15) is 24.8 Å². The van der Waals surface area contributed by atoms with Gasteiger partial charge in [-0.15, -0.1) is 0 Å². The first-order chi connectivity index (χ1) is 8.77. The lowest BCUT2D eigenvalue weighted by Crippen LogP contribution is -2.13. The molecule has 2 rings (SSSR count). The van der Waals surface area contributed by atoms with Gasteiger partial charge in [0.2, 0.25) is 5.91 Å². The average molecular weight is 367 g/mol. The lowest BCUT2D eigenvalue weighted by Gasteiger charge is -2.10. The number of carbonyl (C=O) groups is 1. The molecule has 7 heteroatoms. The molecule has 0 aromatic heterocycles. The zero-order valence-electron chi connectivity index (χ0n) is 10.2. The topological polar surface area (TPSA) is 63.2 Å². The molecule has 0 unspecified atom stereocenters. The van der Waals surface area contributed by atoms with E-state index in [2.05, 4.69) is 21.2 Å². The lowest BCUT2D eigenvalue weighted by molar-refractivity contribution is -0.116. The number of aryl methyl sites for hydroxylation is 1. The van der Waals surface area contributed by atoms with Crippen LogP contribution in [0.3, 0.4) is 0 Å². The molecule has 0 atom stereocenters. The summed E-state index contributed by atoms with van der Waals surface area (Å²) in [7, 11) is 1.55. The van der Waals surface area contributed by atoms with Crippen molar-refractivity contribution in [3.05, 3.63) is 22.2 Å². The molecule has 4 nitrogen and oxygen atoms in total. The molecule has 1 aliphatic rings. The quantitative estimate of drug-likeness (QED) is 0.830. The number of benzene rings is 1. The number of hydrogen-bond acceptors (Lipinski definition) is 3. The number of nitrogens with one attached hydrogen (secondary N) is 1. The molecule has 104 valence electrons. The number of rotatable bonds is 4. The summed E-state index contributed by atoms with van der Waals surface area (Å²) < 4.78 is 23.2. The average Bonchev–Trinajstić information content (AvgIpc) is 3.05. The predicted octanol–water partition coefficient (Wildman–Crippen LogP) is 3.42. The molecule has 0 spiro atoms. The Bertz CT molecular complexity index is 626. The van der Waals surface area contributed by atoms with Crippen molar-refractivity contribution in [1.82, 2.24) is 0 Å². The predicted molar refractivity (Wildman–Crippen MR) is 77.9 cm³/mol. The van der Waals surface area contributed by atoms with Crippen molar-refractivity contribution in [3.63, 3.8) is 0 Å². The van der Waals surface area contributed by atoms with Crippen LogP contribution in [0.2, 0.25) is 0 Å². The smallest absolute Gasteiger partial charge is 0.261 e. The third-order valence-corrected chi connectivity index (χ3v) is 5.09. The Morgan fingerprint density at radius 1 is 1.47 bits per heavy atom. The highest BCUT2D eigenvalue weighted by atomic mass is 79.9. The van der Waals surface area contributed by atoms with E-state index in [4.69, 9.17) is 10.7 Å². The van der Waals surface area contributed by atoms with Crippen LogP contribution in [-0.2, 0) is 13.8 Å². The fraction of sp³-hybridized carbons (Fsp3) is 0.417. The van der Waals surface area contributed by atoms with E-state index in [1.54, 1.807) is 13.0 Å². The first-order valence-electron chi connectivity index (χ1n) is 5.82. The monoisotopic (exact) mass is 365 g/mol. The highest BCUT2D eigenvalue weighted by Crippen LogP contribution is 2.34. The maximum absolute atomic E-state index is 11.7. The molecule has 1 aliphatic carbocycles. The summed E-state index contributed by atoms with van der Waals surface area (Å²) in [4.78, 5) is 11.8. The molecule has 1 amide bonds. The second kappa shape index (κ2) is 5.42. The Morgan fingerprint density at radius 2 is 2.11 bits per heavy atom. The van der Waals surface area contributed by atoms with Crippen LogP contribution in [0.5, 0.6) is 0 Å². The van der Waals surface area contributed by atoms with Crippen LogP contribution >= 0.6 is 26.6 Å². The van der Waals surface area contributed by atoms with Crippen LogP contribution in [0.15, 0.2) is 21.5 Å². The van der Waals surface area contributed by atoms with E-state index in [1.807, 2.05) is 0 Å². The first kappa shape index (κ1) is 14.8. The van der Waals surface area contributed by atoms with Crippen LogP contribution in [0.4, 0.5) is 5.69 Å². The van der Waals surface area contributed by atoms with Crippen molar-refractivity contribution in [2.45, 2.75) is 31.1 Å². The third-order valence-electron chi connectivity index (χ3n) is 2.97. The van der Waals surface area contributed by atoms with Gasteiger partial charge in [-0.05, 0) is 59.3 Å². The van der Waals surface area contributed by atoms with E-state index in [1.165, 1.54) is 6.07 Å². The van der Waals surface area contributed by atoms with Gasteiger partial charge in [0.25, 0.3) is 9.05 Å². The molecule has 0 aliphatic heterocycles. The van der Waals surface area contributed by atoms with E-state index < -0.39 is 9.05 Å². The van der Waals surface area contributed by atoms with Crippen molar-refractivity contribution < 1.29 is 13.2 Å². The van der Waals surface area contributed by atoms with E-state index in [0.717, 1.165) is 12.8 Å². The number of hydrogen-bond donors (Lipinski definition) is 1. The van der Waals surface area contributed by atoms with Gasteiger partial charge < -0.3 is 5.32 Å². The Morgan fingerprint density at radius 3 is 2.63 bits per heavy atom. The van der Waals surface area contributed by atoms with E-state index in [9.17, 15) is 13.2 Å². The zero-order valence-corrected chi connectivity index (χ0v) is 13.4. The minimum absolute atomic E-state index is 0.0428. The summed E-state index contributed by atoms with van der Waals surface area (Å²) in [6, 6.07) is 3.01. The number of halogens is 2. The largest absolute Gasteiger partial charge is 0.325 e. The molecule has 19 heavy (non-hydrogen) atoms. The highest BCUT2D eigenvalue weighted by molar-refractivity contribution is 9.10. The molecule has 1 fully saturated rings. The molecule has 1 aromatic carbocycles. The standard InChI is InChI=1S/C12H13BrClNO3S/c1-7-4-10(15-12(16)5-8-2-3-8)9(13)6-11(7)19(14,17)18/h4,6,8H,2-3,5H2,1H3,(H,15,16). The van der Waals surface area contributed by atoms with Crippen molar-refractivity contribution in [3.8, 4) is 0 Å². The van der Waals surface area contributed by atoms with Gasteiger partial charge in [-0.2, -0.15) is 0 Å². The summed E-state index contributed by atoms with van der Waals surface area (Å²) in [5, 5.41) is 2.78. The van der Waals surface area contributed by atoms with Gasteiger partial charge in [-0.25, -0.2) is 8.42 Å². The van der Waals surface area contributed by atoms with Gasteiger partial charge in [0.05, 0.1) is 10.6 Å². The highest BCUT2D eigenvalue weighted by Gasteiger charge is 2.25. The number of carbonyl (C=O) groups excluding carboxylic acids is 1. The molecule has 0 radical (unpaired) electrons. The Hall–Kier alpha value is -0.590. The summed E-state index contributed by atoms with van der Waals surface area (Å²) in [6.07, 6.45) is 2.73. The Labute approximate surface area is 125 Å². The summed E-state index contributed by atoms with van der Waals surface area (Å²) in [5.74, 6) is 0.450. The SMILES string of the molecule is Cc1cc(NC(=O)CC2CC2)c(Br)cc1S(=O)(=O)Cl. The van der Waals surface area contributed by atoms with Crippen LogP contribution in [0, 0.1) is 12.8 Å². The molecule has 1 N–H and O–H groups in total. The fourth-order valence-corrected chi connectivity index (χ4v) is 3.60. The zero-order chi connectivity index (χ0) is 14.2. The Balaban J connectivity index is 2.22. The molecule has 1 aromatic rings. The van der Waals surface area contributed by atoms with Crippen molar-refractivity contribution in [2.75, 3.05) is 5.32 Å². The first-order valence-corrected chi connectivity index (χ1v) is 8.92. The second-order valence-electron chi connectivity index (χ2n) is 4.73. The van der Waals surface area contributed by atoms with Crippen LogP contribution in [-0.4, -0.2) is 14.3 Å². The van der Waals surface area contributed by atoms with Crippen molar-refractivity contribution >= 4 is 47.3 Å². The molecule has 0 heterocycles. The third kappa shape index (κ3) is 3.94. The molecular formula is C12H13BrClNO3S. The number of anilines is 1. The lowest BCUT2D eigenvalue weighted by atomic mass is 10.2. The maximum atomic E-state index is 11.7. The maximum Gasteiger partial charge on any atom is 0.261 e. The van der Waals surface area contributed by atoms with Gasteiger partial charge in [0.15, 0.2) is 0 Å². The molecule has 0 bridgehead atoms. The fourth-order valence-electron chi connectivity index (χ4n) is 1.81. The Kier molecular flexibility index (Phi) is 4.23. The van der Waals surface area contributed by atoms with Crippen molar-refractivity contribution in [1.29, 1.82) is 0 Å². The van der Waals surface area contributed by atoms with E-state index >= 15 is 0 Å².